The van der Waals surface area contributed by atoms with Crippen LogP contribution in [-0.4, -0.2) is 16.7 Å². The average molecular weight is 338 g/mol. The molecule has 2 rings (SSSR count). The minimum absolute atomic E-state index is 0.0380. The zero-order valence-corrected chi connectivity index (χ0v) is 14.8. The monoisotopic (exact) mass is 338 g/mol. The van der Waals surface area contributed by atoms with E-state index >= 15 is 0 Å². The predicted molar refractivity (Wildman–Crippen MR) is 99.9 cm³/mol. The normalized spacial score (nSPS) is 10.6. The van der Waals surface area contributed by atoms with Crippen molar-refractivity contribution in [1.29, 1.82) is 0 Å². The van der Waals surface area contributed by atoms with Crippen LogP contribution < -0.4 is 0 Å². The van der Waals surface area contributed by atoms with Gasteiger partial charge in [-0.2, -0.15) is 0 Å². The van der Waals surface area contributed by atoms with Crippen LogP contribution in [-0.2, 0) is 6.61 Å². The lowest BCUT2D eigenvalue weighted by molar-refractivity contribution is 0.0977. The molecule has 0 atom stereocenters. The van der Waals surface area contributed by atoms with E-state index in [2.05, 4.69) is 6.92 Å². The second-order valence-electron chi connectivity index (χ2n) is 6.35. The van der Waals surface area contributed by atoms with Crippen molar-refractivity contribution in [2.75, 3.05) is 0 Å². The molecule has 132 valence electrons. The number of hydrogen-bond acceptors (Lipinski definition) is 3. The van der Waals surface area contributed by atoms with Gasteiger partial charge in [-0.25, -0.2) is 0 Å². The molecule has 0 saturated carbocycles. The topological polar surface area (TPSA) is 54.4 Å². The van der Waals surface area contributed by atoms with Crippen LogP contribution in [0.2, 0.25) is 0 Å². The maximum Gasteiger partial charge on any atom is 0.193 e. The summed E-state index contributed by atoms with van der Waals surface area (Å²) in [5.74, 6) is 0.0610. The maximum atomic E-state index is 12.5. The van der Waals surface area contributed by atoms with Crippen LogP contribution in [0, 0.1) is 0 Å². The molecule has 0 radical (unpaired) electrons. The lowest BCUT2D eigenvalue weighted by Crippen LogP contribution is -2.04. The first kappa shape index (κ1) is 19.1. The van der Waals surface area contributed by atoms with Crippen molar-refractivity contribution in [2.45, 2.75) is 52.1 Å². The zero-order valence-electron chi connectivity index (χ0n) is 14.8. The van der Waals surface area contributed by atoms with E-state index in [1.807, 2.05) is 0 Å². The molecule has 0 spiro atoms. The Bertz CT molecular complexity index is 684. The van der Waals surface area contributed by atoms with Crippen molar-refractivity contribution in [1.82, 2.24) is 0 Å². The van der Waals surface area contributed by atoms with Gasteiger partial charge in [0, 0.05) is 23.1 Å². The molecule has 1 N–H and O–H groups in total. The van der Waals surface area contributed by atoms with E-state index in [-0.39, 0.29) is 18.2 Å². The van der Waals surface area contributed by atoms with Crippen LogP contribution in [0.1, 0.15) is 77.3 Å². The summed E-state index contributed by atoms with van der Waals surface area (Å²) in [7, 11) is 0. The molecule has 0 fully saturated rings. The van der Waals surface area contributed by atoms with Crippen LogP contribution in [0.3, 0.4) is 0 Å². The van der Waals surface area contributed by atoms with Gasteiger partial charge >= 0.3 is 0 Å². The molecule has 2 aromatic carbocycles. The molecule has 3 nitrogen and oxygen atoms in total. The minimum Gasteiger partial charge on any atom is -0.392 e. The Labute approximate surface area is 149 Å². The first-order valence-corrected chi connectivity index (χ1v) is 9.03. The highest BCUT2D eigenvalue weighted by Crippen LogP contribution is 2.15. The molecule has 0 unspecified atom stereocenters. The predicted octanol–water partition coefficient (Wildman–Crippen LogP) is 4.95. The summed E-state index contributed by atoms with van der Waals surface area (Å²) in [6, 6.07) is 13.8. The Balaban J connectivity index is 1.94. The van der Waals surface area contributed by atoms with Gasteiger partial charge in [-0.3, -0.25) is 9.59 Å². The average Bonchev–Trinajstić information content (AvgIpc) is 2.67. The van der Waals surface area contributed by atoms with Crippen LogP contribution in [0.4, 0.5) is 0 Å². The number of unbranched alkanes of at least 4 members (excludes halogenated alkanes) is 4. The summed E-state index contributed by atoms with van der Waals surface area (Å²) >= 11 is 0. The Morgan fingerprint density at radius 3 is 1.84 bits per heavy atom. The summed E-state index contributed by atoms with van der Waals surface area (Å²) in [5.41, 5.74) is 2.59. The molecule has 0 aromatic heterocycles. The highest BCUT2D eigenvalue weighted by molar-refractivity contribution is 6.09. The summed E-state index contributed by atoms with van der Waals surface area (Å²) in [6.45, 7) is 2.14. The molecule has 0 heterocycles. The molecule has 0 aliphatic rings. The van der Waals surface area contributed by atoms with Gasteiger partial charge < -0.3 is 5.11 Å². The quantitative estimate of drug-likeness (QED) is 0.492. The second kappa shape index (κ2) is 9.90. The van der Waals surface area contributed by atoms with Gasteiger partial charge in [0.1, 0.15) is 0 Å². The molecule has 2 aromatic rings. The van der Waals surface area contributed by atoms with Crippen LogP contribution in [0.5, 0.6) is 0 Å². The number of ketones is 2. The fourth-order valence-corrected chi connectivity index (χ4v) is 2.77. The Morgan fingerprint density at radius 2 is 1.28 bits per heavy atom. The number of carbonyl (C=O) groups excluding carboxylic acids is 2. The molecule has 0 amide bonds. The minimum atomic E-state index is -0.0805. The summed E-state index contributed by atoms with van der Waals surface area (Å²) in [6.07, 6.45) is 6.21. The van der Waals surface area contributed by atoms with Crippen molar-refractivity contribution in [3.63, 3.8) is 0 Å². The number of rotatable bonds is 10. The molecule has 0 bridgehead atoms. The van der Waals surface area contributed by atoms with Crippen molar-refractivity contribution in [2.24, 2.45) is 0 Å². The molecular weight excluding hydrogens is 312 g/mol. The molecule has 0 saturated heterocycles. The molecule has 3 heteroatoms. The van der Waals surface area contributed by atoms with E-state index in [1.54, 1.807) is 48.5 Å². The first-order valence-electron chi connectivity index (χ1n) is 9.03. The van der Waals surface area contributed by atoms with E-state index < -0.39 is 0 Å². The largest absolute Gasteiger partial charge is 0.392 e. The Hall–Kier alpha value is -2.26. The standard InChI is InChI=1S/C22H26O3/c1-2-3-4-5-6-7-21(24)18-12-14-20(15-13-18)22(25)19-10-8-17(16-23)9-11-19/h8-15,23H,2-7,16H2,1H3. The van der Waals surface area contributed by atoms with Gasteiger partial charge in [0.2, 0.25) is 0 Å². The van der Waals surface area contributed by atoms with E-state index in [0.717, 1.165) is 18.4 Å². The lowest BCUT2D eigenvalue weighted by atomic mass is 9.98. The van der Waals surface area contributed by atoms with Crippen molar-refractivity contribution >= 4 is 11.6 Å². The van der Waals surface area contributed by atoms with E-state index in [9.17, 15) is 9.59 Å². The fraction of sp³-hybridized carbons (Fsp3) is 0.364. The highest BCUT2D eigenvalue weighted by Gasteiger charge is 2.11. The molecular formula is C22H26O3. The van der Waals surface area contributed by atoms with Crippen LogP contribution >= 0.6 is 0 Å². The third-order valence-electron chi connectivity index (χ3n) is 4.38. The number of aliphatic hydroxyl groups is 1. The van der Waals surface area contributed by atoms with Gasteiger partial charge in [-0.15, -0.1) is 0 Å². The Morgan fingerprint density at radius 1 is 0.760 bits per heavy atom. The number of carbonyl (C=O) groups is 2. The van der Waals surface area contributed by atoms with Gasteiger partial charge in [0.25, 0.3) is 0 Å². The van der Waals surface area contributed by atoms with Gasteiger partial charge in [-0.05, 0) is 12.0 Å². The summed E-state index contributed by atoms with van der Waals surface area (Å²) < 4.78 is 0. The van der Waals surface area contributed by atoms with Crippen LogP contribution in [0.15, 0.2) is 48.5 Å². The number of benzene rings is 2. The van der Waals surface area contributed by atoms with Gasteiger partial charge in [-0.1, -0.05) is 81.1 Å². The van der Waals surface area contributed by atoms with E-state index in [1.165, 1.54) is 19.3 Å². The molecule has 0 aliphatic carbocycles. The zero-order chi connectivity index (χ0) is 18.1. The summed E-state index contributed by atoms with van der Waals surface area (Å²) in [5, 5.41) is 9.05. The van der Waals surface area contributed by atoms with Crippen molar-refractivity contribution < 1.29 is 14.7 Å². The van der Waals surface area contributed by atoms with Gasteiger partial charge in [0.05, 0.1) is 6.61 Å². The molecule has 25 heavy (non-hydrogen) atoms. The van der Waals surface area contributed by atoms with Gasteiger partial charge in [0.15, 0.2) is 11.6 Å². The molecule has 0 aliphatic heterocycles. The number of Topliss-reactive ketones (excluding diaryl/α,β-unsaturated/α-hetero) is 1. The first-order chi connectivity index (χ1) is 12.2. The highest BCUT2D eigenvalue weighted by atomic mass is 16.3. The third kappa shape index (κ3) is 5.64. The van der Waals surface area contributed by atoms with Crippen LogP contribution in [0.25, 0.3) is 0 Å². The smallest absolute Gasteiger partial charge is 0.193 e. The van der Waals surface area contributed by atoms with E-state index in [4.69, 9.17) is 5.11 Å². The van der Waals surface area contributed by atoms with Crippen molar-refractivity contribution in [3.8, 4) is 0 Å². The lowest BCUT2D eigenvalue weighted by Gasteiger charge is -2.05. The number of aliphatic hydroxyl groups excluding tert-OH is 1. The third-order valence-corrected chi connectivity index (χ3v) is 4.38. The SMILES string of the molecule is CCCCCCCC(=O)c1ccc(C(=O)c2ccc(CO)cc2)cc1. The summed E-state index contributed by atoms with van der Waals surface area (Å²) in [4.78, 5) is 24.6. The van der Waals surface area contributed by atoms with Crippen molar-refractivity contribution in [3.05, 3.63) is 70.8 Å². The second-order valence-corrected chi connectivity index (χ2v) is 6.35. The maximum absolute atomic E-state index is 12.5. The number of hydrogen-bond donors (Lipinski definition) is 1. The fourth-order valence-electron chi connectivity index (χ4n) is 2.77. The Kier molecular flexibility index (Phi) is 7.55. The van der Waals surface area contributed by atoms with E-state index in [0.29, 0.717) is 23.1 Å².